The van der Waals surface area contributed by atoms with Gasteiger partial charge in [-0.05, 0) is 32.2 Å². The molecular formula is C10H16F3N. The number of rotatable bonds is 0. The Hall–Kier alpha value is -0.250. The monoisotopic (exact) mass is 207 g/mol. The third-order valence-corrected chi connectivity index (χ3v) is 3.70. The predicted octanol–water partition coefficient (Wildman–Crippen LogP) is 2.86. The molecule has 82 valence electrons. The van der Waals surface area contributed by atoms with Crippen LogP contribution < -0.4 is 5.32 Å². The molecule has 1 saturated heterocycles. The Bertz CT molecular complexity index is 206. The van der Waals surface area contributed by atoms with E-state index in [2.05, 4.69) is 5.32 Å². The standard InChI is InChI=1S/C10H16F3N/c11-10(12,13)8-4-1-2-5-9(8)6-3-7-14-9/h8,14H,1-7H2. The predicted molar refractivity (Wildman–Crippen MR) is 48.0 cm³/mol. The summed E-state index contributed by atoms with van der Waals surface area (Å²) in [5, 5.41) is 3.11. The summed E-state index contributed by atoms with van der Waals surface area (Å²) < 4.78 is 38.4. The minimum Gasteiger partial charge on any atom is -0.311 e. The fraction of sp³-hybridized carbons (Fsp3) is 1.00. The smallest absolute Gasteiger partial charge is 0.311 e. The highest BCUT2D eigenvalue weighted by molar-refractivity contribution is 5.02. The maximum Gasteiger partial charge on any atom is 0.393 e. The molecule has 1 aliphatic heterocycles. The summed E-state index contributed by atoms with van der Waals surface area (Å²) in [6, 6.07) is 0. The Kier molecular flexibility index (Phi) is 2.50. The summed E-state index contributed by atoms with van der Waals surface area (Å²) in [7, 11) is 0. The molecular weight excluding hydrogens is 191 g/mol. The molecule has 1 saturated carbocycles. The van der Waals surface area contributed by atoms with Crippen LogP contribution in [-0.2, 0) is 0 Å². The highest BCUT2D eigenvalue weighted by Crippen LogP contribution is 2.47. The number of halogens is 3. The molecule has 2 atom stereocenters. The zero-order valence-electron chi connectivity index (χ0n) is 8.16. The first kappa shape index (κ1) is 10.3. The first-order valence-corrected chi connectivity index (χ1v) is 5.36. The van der Waals surface area contributed by atoms with Crippen LogP contribution in [0.3, 0.4) is 0 Å². The SMILES string of the molecule is FC(F)(F)C1CCCCC12CCCN2. The minimum absolute atomic E-state index is 0.316. The molecule has 14 heavy (non-hydrogen) atoms. The average molecular weight is 207 g/mol. The van der Waals surface area contributed by atoms with Gasteiger partial charge in [0.1, 0.15) is 0 Å². The lowest BCUT2D eigenvalue weighted by molar-refractivity contribution is -0.203. The zero-order valence-corrected chi connectivity index (χ0v) is 8.16. The van der Waals surface area contributed by atoms with E-state index < -0.39 is 17.6 Å². The second kappa shape index (κ2) is 3.40. The summed E-state index contributed by atoms with van der Waals surface area (Å²) in [6.45, 7) is 0.757. The van der Waals surface area contributed by atoms with Gasteiger partial charge < -0.3 is 5.32 Å². The molecule has 1 nitrogen and oxygen atoms in total. The second-order valence-electron chi connectivity index (χ2n) is 4.53. The van der Waals surface area contributed by atoms with E-state index >= 15 is 0 Å². The molecule has 1 heterocycles. The fourth-order valence-corrected chi connectivity index (χ4v) is 3.06. The van der Waals surface area contributed by atoms with Gasteiger partial charge in [-0.1, -0.05) is 12.8 Å². The molecule has 0 aromatic rings. The van der Waals surface area contributed by atoms with Crippen molar-refractivity contribution in [2.24, 2.45) is 5.92 Å². The highest BCUT2D eigenvalue weighted by atomic mass is 19.4. The summed E-state index contributed by atoms with van der Waals surface area (Å²) in [4.78, 5) is 0. The van der Waals surface area contributed by atoms with Gasteiger partial charge in [0.05, 0.1) is 5.92 Å². The van der Waals surface area contributed by atoms with Crippen molar-refractivity contribution in [1.29, 1.82) is 0 Å². The van der Waals surface area contributed by atoms with Gasteiger partial charge >= 0.3 is 6.18 Å². The van der Waals surface area contributed by atoms with Crippen LogP contribution >= 0.6 is 0 Å². The van der Waals surface area contributed by atoms with E-state index in [-0.39, 0.29) is 0 Å². The lowest BCUT2D eigenvalue weighted by Gasteiger charge is -2.42. The third-order valence-electron chi connectivity index (χ3n) is 3.70. The minimum atomic E-state index is -4.02. The number of hydrogen-bond acceptors (Lipinski definition) is 1. The summed E-state index contributed by atoms with van der Waals surface area (Å²) >= 11 is 0. The van der Waals surface area contributed by atoms with Crippen molar-refractivity contribution >= 4 is 0 Å². The van der Waals surface area contributed by atoms with Crippen molar-refractivity contribution in [2.75, 3.05) is 6.54 Å². The molecule has 2 aliphatic rings. The van der Waals surface area contributed by atoms with Crippen LogP contribution in [0, 0.1) is 5.92 Å². The molecule has 2 rings (SSSR count). The van der Waals surface area contributed by atoms with Gasteiger partial charge in [0.25, 0.3) is 0 Å². The lowest BCUT2D eigenvalue weighted by atomic mass is 9.71. The van der Waals surface area contributed by atoms with Crippen LogP contribution in [0.5, 0.6) is 0 Å². The summed E-state index contributed by atoms with van der Waals surface area (Å²) in [5.74, 6) is -1.11. The van der Waals surface area contributed by atoms with Crippen molar-refractivity contribution in [3.63, 3.8) is 0 Å². The van der Waals surface area contributed by atoms with E-state index in [1.807, 2.05) is 0 Å². The fourth-order valence-electron chi connectivity index (χ4n) is 3.06. The first-order valence-electron chi connectivity index (χ1n) is 5.36. The van der Waals surface area contributed by atoms with E-state index in [1.54, 1.807) is 0 Å². The van der Waals surface area contributed by atoms with E-state index in [4.69, 9.17) is 0 Å². The zero-order chi connectivity index (χ0) is 10.2. The number of nitrogens with one attached hydrogen (secondary N) is 1. The third kappa shape index (κ3) is 1.64. The van der Waals surface area contributed by atoms with Gasteiger partial charge in [-0.25, -0.2) is 0 Å². The van der Waals surface area contributed by atoms with Crippen LogP contribution in [0.1, 0.15) is 38.5 Å². The second-order valence-corrected chi connectivity index (χ2v) is 4.53. The molecule has 1 spiro atoms. The van der Waals surface area contributed by atoms with Crippen LogP contribution in [0.15, 0.2) is 0 Å². The Labute approximate surface area is 82.1 Å². The van der Waals surface area contributed by atoms with E-state index in [1.165, 1.54) is 0 Å². The Morgan fingerprint density at radius 1 is 1.07 bits per heavy atom. The maximum atomic E-state index is 12.8. The number of hydrogen-bond donors (Lipinski definition) is 1. The molecule has 1 aliphatic carbocycles. The van der Waals surface area contributed by atoms with Gasteiger partial charge in [-0.15, -0.1) is 0 Å². The van der Waals surface area contributed by atoms with E-state index in [9.17, 15) is 13.2 Å². The van der Waals surface area contributed by atoms with Gasteiger partial charge in [0.2, 0.25) is 0 Å². The van der Waals surface area contributed by atoms with Gasteiger partial charge in [0, 0.05) is 5.54 Å². The Morgan fingerprint density at radius 2 is 1.79 bits per heavy atom. The van der Waals surface area contributed by atoms with Crippen LogP contribution in [0.25, 0.3) is 0 Å². The van der Waals surface area contributed by atoms with Crippen LogP contribution in [0.2, 0.25) is 0 Å². The quantitative estimate of drug-likeness (QED) is 0.644. The largest absolute Gasteiger partial charge is 0.393 e. The maximum absolute atomic E-state index is 12.8. The molecule has 0 aromatic heterocycles. The van der Waals surface area contributed by atoms with Gasteiger partial charge in [-0.2, -0.15) is 13.2 Å². The Balaban J connectivity index is 2.19. The molecule has 1 N–H and O–H groups in total. The van der Waals surface area contributed by atoms with Crippen LogP contribution in [0.4, 0.5) is 13.2 Å². The highest BCUT2D eigenvalue weighted by Gasteiger charge is 2.54. The van der Waals surface area contributed by atoms with Crippen molar-refractivity contribution in [3.05, 3.63) is 0 Å². The van der Waals surface area contributed by atoms with Crippen molar-refractivity contribution in [1.82, 2.24) is 5.32 Å². The summed E-state index contributed by atoms with van der Waals surface area (Å²) in [6.07, 6.45) is 0.280. The molecule has 4 heteroatoms. The topological polar surface area (TPSA) is 12.0 Å². The molecule has 2 unspecified atom stereocenters. The molecule has 0 bridgehead atoms. The molecule has 2 fully saturated rings. The Morgan fingerprint density at radius 3 is 2.36 bits per heavy atom. The first-order chi connectivity index (χ1) is 6.55. The van der Waals surface area contributed by atoms with Crippen molar-refractivity contribution in [2.45, 2.75) is 50.2 Å². The average Bonchev–Trinajstić information content (AvgIpc) is 2.52. The van der Waals surface area contributed by atoms with Crippen molar-refractivity contribution < 1.29 is 13.2 Å². The van der Waals surface area contributed by atoms with E-state index in [0.717, 1.165) is 25.8 Å². The van der Waals surface area contributed by atoms with Gasteiger partial charge in [-0.3, -0.25) is 0 Å². The molecule has 0 amide bonds. The van der Waals surface area contributed by atoms with Gasteiger partial charge in [0.15, 0.2) is 0 Å². The number of alkyl halides is 3. The van der Waals surface area contributed by atoms with E-state index in [0.29, 0.717) is 19.3 Å². The lowest BCUT2D eigenvalue weighted by Crippen LogP contribution is -2.54. The summed E-state index contributed by atoms with van der Waals surface area (Å²) in [5.41, 5.74) is -0.601. The molecule has 0 aromatic carbocycles. The molecule has 0 radical (unpaired) electrons. The van der Waals surface area contributed by atoms with Crippen molar-refractivity contribution in [3.8, 4) is 0 Å². The van der Waals surface area contributed by atoms with Crippen LogP contribution in [-0.4, -0.2) is 18.3 Å². The normalized spacial score (nSPS) is 39.2.